The van der Waals surface area contributed by atoms with Crippen molar-refractivity contribution in [1.29, 1.82) is 0 Å². The normalized spacial score (nSPS) is 24.8. The molecule has 2 rings (SSSR count). The first kappa shape index (κ1) is 11.3. The fraction of sp³-hybridized carbons (Fsp3) is 0.455. The third-order valence-electron chi connectivity index (χ3n) is 2.81. The van der Waals surface area contributed by atoms with E-state index >= 15 is 0 Å². The van der Waals surface area contributed by atoms with Gasteiger partial charge in [-0.05, 0) is 19.3 Å². The number of aliphatic hydroxyl groups is 1. The van der Waals surface area contributed by atoms with Crippen molar-refractivity contribution in [3.63, 3.8) is 0 Å². The molecule has 2 N–H and O–H groups in total. The Hall–Kier alpha value is -1.23. The summed E-state index contributed by atoms with van der Waals surface area (Å²) in [6.45, 7) is 0. The highest BCUT2D eigenvalue weighted by atomic mass is 19.2. The molecule has 88 valence electrons. The van der Waals surface area contributed by atoms with E-state index in [2.05, 4.69) is 5.32 Å². The summed E-state index contributed by atoms with van der Waals surface area (Å²) in [6, 6.07) is 1.05. The lowest BCUT2D eigenvalue weighted by Gasteiger charge is -2.18. The highest BCUT2D eigenvalue weighted by Gasteiger charge is 2.26. The molecule has 1 aliphatic rings. The maximum atomic E-state index is 13.3. The van der Waals surface area contributed by atoms with Gasteiger partial charge in [-0.15, -0.1) is 0 Å². The van der Waals surface area contributed by atoms with Crippen LogP contribution in [-0.4, -0.2) is 17.3 Å². The molecule has 0 aliphatic heterocycles. The van der Waals surface area contributed by atoms with Crippen molar-refractivity contribution in [3.05, 3.63) is 29.6 Å². The summed E-state index contributed by atoms with van der Waals surface area (Å²) in [5, 5.41) is 12.1. The van der Waals surface area contributed by atoms with Crippen molar-refractivity contribution in [3.8, 4) is 0 Å². The van der Waals surface area contributed by atoms with E-state index in [-0.39, 0.29) is 11.7 Å². The number of halogens is 3. The van der Waals surface area contributed by atoms with E-state index in [1.54, 1.807) is 0 Å². The predicted molar refractivity (Wildman–Crippen MR) is 53.6 cm³/mol. The number of rotatable bonds is 2. The van der Waals surface area contributed by atoms with Crippen LogP contribution in [0.25, 0.3) is 0 Å². The first-order valence-electron chi connectivity index (χ1n) is 5.17. The molecular weight excluding hydrogens is 219 g/mol. The standard InChI is InChI=1S/C11H12F3NO/c12-6-4-7(13)11(14)9(5-6)15-8-2-1-3-10(8)16/h4-5,8,10,15-16H,1-3H2/t8-,10-/m0/s1. The molecule has 1 saturated carbocycles. The van der Waals surface area contributed by atoms with Gasteiger partial charge in [-0.25, -0.2) is 13.2 Å². The SMILES string of the molecule is O[C@H]1CCC[C@@H]1Nc1cc(F)cc(F)c1F. The molecule has 0 spiro atoms. The maximum absolute atomic E-state index is 13.3. The van der Waals surface area contributed by atoms with Crippen LogP contribution >= 0.6 is 0 Å². The quantitative estimate of drug-likeness (QED) is 0.766. The fourth-order valence-electron chi connectivity index (χ4n) is 1.97. The van der Waals surface area contributed by atoms with Gasteiger partial charge in [-0.2, -0.15) is 0 Å². The summed E-state index contributed by atoms with van der Waals surface area (Å²) < 4.78 is 39.0. The van der Waals surface area contributed by atoms with Crippen molar-refractivity contribution in [2.24, 2.45) is 0 Å². The highest BCUT2D eigenvalue weighted by Crippen LogP contribution is 2.26. The van der Waals surface area contributed by atoms with Crippen molar-refractivity contribution >= 4 is 5.69 Å². The zero-order valence-corrected chi connectivity index (χ0v) is 8.51. The first-order chi connectivity index (χ1) is 7.58. The Bertz CT molecular complexity index is 397. The summed E-state index contributed by atoms with van der Waals surface area (Å²) in [5.41, 5.74) is -0.233. The Morgan fingerprint density at radius 2 is 1.94 bits per heavy atom. The molecule has 2 atom stereocenters. The summed E-state index contributed by atoms with van der Waals surface area (Å²) >= 11 is 0. The van der Waals surface area contributed by atoms with E-state index in [0.717, 1.165) is 12.5 Å². The zero-order valence-electron chi connectivity index (χ0n) is 8.51. The van der Waals surface area contributed by atoms with Crippen LogP contribution in [0, 0.1) is 17.5 Å². The monoisotopic (exact) mass is 231 g/mol. The van der Waals surface area contributed by atoms with Crippen LogP contribution in [0.5, 0.6) is 0 Å². The van der Waals surface area contributed by atoms with Gasteiger partial charge in [0.25, 0.3) is 0 Å². The third kappa shape index (κ3) is 2.14. The van der Waals surface area contributed by atoms with Gasteiger partial charge in [-0.3, -0.25) is 0 Å². The van der Waals surface area contributed by atoms with Gasteiger partial charge in [-0.1, -0.05) is 0 Å². The van der Waals surface area contributed by atoms with Crippen molar-refractivity contribution in [2.75, 3.05) is 5.32 Å². The molecule has 0 heterocycles. The van der Waals surface area contributed by atoms with Gasteiger partial charge in [0.1, 0.15) is 5.82 Å². The van der Waals surface area contributed by atoms with Crippen molar-refractivity contribution < 1.29 is 18.3 Å². The Balaban J connectivity index is 2.20. The lowest BCUT2D eigenvalue weighted by molar-refractivity contribution is 0.171. The molecule has 0 saturated heterocycles. The van der Waals surface area contributed by atoms with E-state index in [1.807, 2.05) is 0 Å². The number of aliphatic hydroxyl groups excluding tert-OH is 1. The second-order valence-corrected chi connectivity index (χ2v) is 4.00. The van der Waals surface area contributed by atoms with Crippen LogP contribution in [-0.2, 0) is 0 Å². The Morgan fingerprint density at radius 3 is 2.56 bits per heavy atom. The topological polar surface area (TPSA) is 32.3 Å². The van der Waals surface area contributed by atoms with E-state index in [0.29, 0.717) is 18.9 Å². The predicted octanol–water partition coefficient (Wildman–Crippen LogP) is 2.43. The van der Waals surface area contributed by atoms with Crippen LogP contribution in [0.3, 0.4) is 0 Å². The maximum Gasteiger partial charge on any atom is 0.182 e. The van der Waals surface area contributed by atoms with Gasteiger partial charge < -0.3 is 10.4 Å². The summed E-state index contributed by atoms with van der Waals surface area (Å²) in [5.74, 6) is -3.18. The van der Waals surface area contributed by atoms with E-state index < -0.39 is 23.6 Å². The fourth-order valence-corrected chi connectivity index (χ4v) is 1.97. The van der Waals surface area contributed by atoms with Gasteiger partial charge in [0.15, 0.2) is 11.6 Å². The van der Waals surface area contributed by atoms with Crippen LogP contribution in [0.1, 0.15) is 19.3 Å². The zero-order chi connectivity index (χ0) is 11.7. The minimum Gasteiger partial charge on any atom is -0.391 e. The molecule has 16 heavy (non-hydrogen) atoms. The molecule has 0 bridgehead atoms. The van der Waals surface area contributed by atoms with Gasteiger partial charge in [0, 0.05) is 12.1 Å². The minimum absolute atomic E-state index is 0.233. The lowest BCUT2D eigenvalue weighted by atomic mass is 10.2. The molecule has 1 aromatic carbocycles. The smallest absolute Gasteiger partial charge is 0.182 e. The summed E-state index contributed by atoms with van der Waals surface area (Å²) in [7, 11) is 0. The largest absolute Gasteiger partial charge is 0.391 e. The highest BCUT2D eigenvalue weighted by molar-refractivity contribution is 5.46. The molecule has 2 nitrogen and oxygen atoms in total. The number of benzene rings is 1. The molecule has 0 amide bonds. The number of anilines is 1. The molecule has 0 aromatic heterocycles. The first-order valence-corrected chi connectivity index (χ1v) is 5.17. The van der Waals surface area contributed by atoms with Crippen LogP contribution in [0.4, 0.5) is 18.9 Å². The molecular formula is C11H12F3NO. The lowest BCUT2D eigenvalue weighted by Crippen LogP contribution is -2.28. The van der Waals surface area contributed by atoms with Crippen LogP contribution in [0.15, 0.2) is 12.1 Å². The van der Waals surface area contributed by atoms with E-state index in [9.17, 15) is 18.3 Å². The van der Waals surface area contributed by atoms with E-state index in [4.69, 9.17) is 0 Å². The van der Waals surface area contributed by atoms with Crippen molar-refractivity contribution in [2.45, 2.75) is 31.4 Å². The number of hydrogen-bond acceptors (Lipinski definition) is 2. The second kappa shape index (κ2) is 4.33. The Morgan fingerprint density at radius 1 is 1.19 bits per heavy atom. The molecule has 0 unspecified atom stereocenters. The minimum atomic E-state index is -1.23. The van der Waals surface area contributed by atoms with Gasteiger partial charge in [0.05, 0.1) is 17.8 Å². The second-order valence-electron chi connectivity index (χ2n) is 4.00. The third-order valence-corrected chi connectivity index (χ3v) is 2.81. The summed E-state index contributed by atoms with van der Waals surface area (Å²) in [6.07, 6.45) is 1.51. The van der Waals surface area contributed by atoms with Crippen molar-refractivity contribution in [1.82, 2.24) is 0 Å². The van der Waals surface area contributed by atoms with Gasteiger partial charge >= 0.3 is 0 Å². The summed E-state index contributed by atoms with van der Waals surface area (Å²) in [4.78, 5) is 0. The molecule has 0 radical (unpaired) electrons. The molecule has 1 aliphatic carbocycles. The molecule has 1 fully saturated rings. The van der Waals surface area contributed by atoms with Crippen LogP contribution < -0.4 is 5.32 Å². The van der Waals surface area contributed by atoms with Crippen LogP contribution in [0.2, 0.25) is 0 Å². The Kier molecular flexibility index (Phi) is 3.05. The molecule has 5 heteroatoms. The molecule has 1 aromatic rings. The average Bonchev–Trinajstić information content (AvgIpc) is 2.60. The average molecular weight is 231 g/mol. The van der Waals surface area contributed by atoms with Gasteiger partial charge in [0.2, 0.25) is 0 Å². The number of hydrogen-bond donors (Lipinski definition) is 2. The van der Waals surface area contributed by atoms with E-state index in [1.165, 1.54) is 0 Å². The Labute approximate surface area is 91.1 Å². The number of nitrogens with one attached hydrogen (secondary N) is 1.